The van der Waals surface area contributed by atoms with Gasteiger partial charge < -0.3 is 15.4 Å². The molecule has 86 valence electrons. The van der Waals surface area contributed by atoms with Gasteiger partial charge in [-0.15, -0.1) is 0 Å². The van der Waals surface area contributed by atoms with Crippen LogP contribution in [0.1, 0.15) is 10.5 Å². The summed E-state index contributed by atoms with van der Waals surface area (Å²) in [5.74, 6) is -0.220. The van der Waals surface area contributed by atoms with Gasteiger partial charge in [0.05, 0.1) is 18.9 Å². The van der Waals surface area contributed by atoms with E-state index in [9.17, 15) is 4.79 Å². The van der Waals surface area contributed by atoms with E-state index >= 15 is 0 Å². The first-order valence-corrected chi connectivity index (χ1v) is 5.23. The predicted molar refractivity (Wildman–Crippen MR) is 57.0 cm³/mol. The fourth-order valence-corrected chi connectivity index (χ4v) is 1.46. The summed E-state index contributed by atoms with van der Waals surface area (Å²) in [6, 6.07) is 0. The Bertz CT molecular complexity index is 338. The monoisotopic (exact) mass is 222 g/mol. The molecule has 2 N–H and O–H groups in total. The number of nitrogens with one attached hydrogen (secondary N) is 2. The highest BCUT2D eigenvalue weighted by Gasteiger charge is 2.15. The zero-order valence-electron chi connectivity index (χ0n) is 8.85. The zero-order valence-corrected chi connectivity index (χ0v) is 8.85. The lowest BCUT2D eigenvalue weighted by atomic mass is 10.3. The van der Waals surface area contributed by atoms with Gasteiger partial charge in [0.15, 0.2) is 0 Å². The van der Waals surface area contributed by atoms with Crippen molar-refractivity contribution in [1.29, 1.82) is 0 Å². The van der Waals surface area contributed by atoms with Crippen molar-refractivity contribution in [2.45, 2.75) is 6.10 Å². The molecular formula is C10H14N4O2. The van der Waals surface area contributed by atoms with Gasteiger partial charge in [0.25, 0.3) is 5.91 Å². The van der Waals surface area contributed by atoms with Gasteiger partial charge in [-0.05, 0) is 0 Å². The molecule has 1 saturated heterocycles. The SMILES string of the molecule is O=C(NCC1CNCCO1)c1cnccn1. The summed E-state index contributed by atoms with van der Waals surface area (Å²) in [5.41, 5.74) is 0.325. The second-order valence-corrected chi connectivity index (χ2v) is 3.50. The molecule has 0 aliphatic carbocycles. The van der Waals surface area contributed by atoms with Crippen molar-refractivity contribution >= 4 is 5.91 Å². The van der Waals surface area contributed by atoms with Crippen molar-refractivity contribution in [1.82, 2.24) is 20.6 Å². The lowest BCUT2D eigenvalue weighted by Gasteiger charge is -2.23. The summed E-state index contributed by atoms with van der Waals surface area (Å²) in [6.07, 6.45) is 4.50. The first-order chi connectivity index (χ1) is 7.86. The molecule has 1 aliphatic heterocycles. The Labute approximate surface area is 93.4 Å². The van der Waals surface area contributed by atoms with E-state index in [0.29, 0.717) is 18.8 Å². The van der Waals surface area contributed by atoms with E-state index in [-0.39, 0.29) is 12.0 Å². The van der Waals surface area contributed by atoms with Crippen molar-refractivity contribution in [3.05, 3.63) is 24.3 Å². The molecule has 1 amide bonds. The fraction of sp³-hybridized carbons (Fsp3) is 0.500. The van der Waals surface area contributed by atoms with Gasteiger partial charge in [-0.2, -0.15) is 0 Å². The predicted octanol–water partition coefficient (Wildman–Crippen LogP) is -0.805. The number of hydrogen-bond acceptors (Lipinski definition) is 5. The number of rotatable bonds is 3. The van der Waals surface area contributed by atoms with Crippen LogP contribution >= 0.6 is 0 Å². The minimum absolute atomic E-state index is 0.0365. The van der Waals surface area contributed by atoms with E-state index in [1.807, 2.05) is 0 Å². The number of hydrogen-bond donors (Lipinski definition) is 2. The zero-order chi connectivity index (χ0) is 11.2. The molecule has 0 radical (unpaired) electrons. The summed E-state index contributed by atoms with van der Waals surface area (Å²) >= 11 is 0. The molecule has 1 fully saturated rings. The van der Waals surface area contributed by atoms with Gasteiger partial charge in [-0.1, -0.05) is 0 Å². The second kappa shape index (κ2) is 5.53. The molecule has 0 aromatic carbocycles. The fourth-order valence-electron chi connectivity index (χ4n) is 1.46. The molecule has 0 bridgehead atoms. The molecule has 0 saturated carbocycles. The molecule has 16 heavy (non-hydrogen) atoms. The molecule has 6 heteroatoms. The number of nitrogens with zero attached hydrogens (tertiary/aromatic N) is 2. The number of aromatic nitrogens is 2. The van der Waals surface area contributed by atoms with E-state index in [1.54, 1.807) is 0 Å². The van der Waals surface area contributed by atoms with Crippen LogP contribution in [0.15, 0.2) is 18.6 Å². The summed E-state index contributed by atoms with van der Waals surface area (Å²) in [4.78, 5) is 19.3. The van der Waals surface area contributed by atoms with Crippen molar-refractivity contribution in [3.8, 4) is 0 Å². The Morgan fingerprint density at radius 1 is 1.62 bits per heavy atom. The molecule has 1 atom stereocenters. The van der Waals surface area contributed by atoms with Crippen LogP contribution in [-0.2, 0) is 4.74 Å². The standard InChI is InChI=1S/C10H14N4O2/c15-10(9-7-11-1-2-13-9)14-6-8-5-12-3-4-16-8/h1-2,7-8,12H,3-6H2,(H,14,15). The van der Waals surface area contributed by atoms with Gasteiger partial charge in [0.2, 0.25) is 0 Å². The minimum Gasteiger partial charge on any atom is -0.374 e. The lowest BCUT2D eigenvalue weighted by molar-refractivity contribution is 0.0286. The lowest BCUT2D eigenvalue weighted by Crippen LogP contribution is -2.45. The van der Waals surface area contributed by atoms with Crippen molar-refractivity contribution < 1.29 is 9.53 Å². The average molecular weight is 222 g/mol. The Hall–Kier alpha value is -1.53. The topological polar surface area (TPSA) is 76.1 Å². The molecular weight excluding hydrogens is 208 g/mol. The maximum atomic E-state index is 11.6. The highest BCUT2D eigenvalue weighted by atomic mass is 16.5. The van der Waals surface area contributed by atoms with Crippen LogP contribution < -0.4 is 10.6 Å². The Balaban J connectivity index is 1.79. The minimum atomic E-state index is -0.220. The number of morpholine rings is 1. The third-order valence-corrected chi connectivity index (χ3v) is 2.29. The van der Waals surface area contributed by atoms with E-state index in [4.69, 9.17) is 4.74 Å². The average Bonchev–Trinajstić information content (AvgIpc) is 2.38. The van der Waals surface area contributed by atoms with Gasteiger partial charge in [-0.25, -0.2) is 4.98 Å². The number of carbonyl (C=O) groups excluding carboxylic acids is 1. The van der Waals surface area contributed by atoms with Crippen molar-refractivity contribution in [2.75, 3.05) is 26.2 Å². The number of carbonyl (C=O) groups is 1. The number of ether oxygens (including phenoxy) is 1. The van der Waals surface area contributed by atoms with Crippen LogP contribution in [0.3, 0.4) is 0 Å². The van der Waals surface area contributed by atoms with Gasteiger partial charge in [0.1, 0.15) is 5.69 Å². The van der Waals surface area contributed by atoms with Gasteiger partial charge in [0, 0.05) is 32.0 Å². The molecule has 1 aliphatic rings. The van der Waals surface area contributed by atoms with Gasteiger partial charge in [-0.3, -0.25) is 9.78 Å². The molecule has 6 nitrogen and oxygen atoms in total. The smallest absolute Gasteiger partial charge is 0.271 e. The third-order valence-electron chi connectivity index (χ3n) is 2.29. The molecule has 1 aromatic rings. The summed E-state index contributed by atoms with van der Waals surface area (Å²) < 4.78 is 5.45. The largest absolute Gasteiger partial charge is 0.374 e. The van der Waals surface area contributed by atoms with Crippen LogP contribution in [0.4, 0.5) is 0 Å². The first kappa shape index (κ1) is 11.0. The maximum Gasteiger partial charge on any atom is 0.271 e. The van der Waals surface area contributed by atoms with Crippen LogP contribution in [0.2, 0.25) is 0 Å². The highest BCUT2D eigenvalue weighted by molar-refractivity contribution is 5.91. The summed E-state index contributed by atoms with van der Waals surface area (Å²) in [6.45, 7) is 2.81. The van der Waals surface area contributed by atoms with Crippen molar-refractivity contribution in [3.63, 3.8) is 0 Å². The van der Waals surface area contributed by atoms with Gasteiger partial charge >= 0.3 is 0 Å². The van der Waals surface area contributed by atoms with E-state index in [2.05, 4.69) is 20.6 Å². The van der Waals surface area contributed by atoms with E-state index < -0.39 is 0 Å². The van der Waals surface area contributed by atoms with Crippen LogP contribution in [0, 0.1) is 0 Å². The number of amides is 1. The van der Waals surface area contributed by atoms with Crippen molar-refractivity contribution in [2.24, 2.45) is 0 Å². The first-order valence-electron chi connectivity index (χ1n) is 5.23. The van der Waals surface area contributed by atoms with E-state index in [1.165, 1.54) is 18.6 Å². The molecule has 2 rings (SSSR count). The van der Waals surface area contributed by atoms with E-state index in [0.717, 1.165) is 13.1 Å². The summed E-state index contributed by atoms with van der Waals surface area (Å²) in [5, 5.41) is 5.96. The second-order valence-electron chi connectivity index (χ2n) is 3.50. The maximum absolute atomic E-state index is 11.6. The third kappa shape index (κ3) is 2.98. The molecule has 1 aromatic heterocycles. The quantitative estimate of drug-likeness (QED) is 0.700. The van der Waals surface area contributed by atoms with Crippen LogP contribution in [0.5, 0.6) is 0 Å². The van der Waals surface area contributed by atoms with Crippen LogP contribution in [-0.4, -0.2) is 48.2 Å². The Morgan fingerprint density at radius 3 is 3.25 bits per heavy atom. The van der Waals surface area contributed by atoms with Crippen LogP contribution in [0.25, 0.3) is 0 Å². The normalized spacial score (nSPS) is 20.4. The highest BCUT2D eigenvalue weighted by Crippen LogP contribution is 1.95. The summed E-state index contributed by atoms with van der Waals surface area (Å²) in [7, 11) is 0. The molecule has 2 heterocycles. The molecule has 1 unspecified atom stereocenters. The Morgan fingerprint density at radius 2 is 2.56 bits per heavy atom. The molecule has 0 spiro atoms. The Kier molecular flexibility index (Phi) is 3.79.